The Bertz CT molecular complexity index is 3190. The number of anilines is 7. The van der Waals surface area contributed by atoms with Crippen LogP contribution in [0, 0.1) is 54.4 Å². The van der Waals surface area contributed by atoms with E-state index in [2.05, 4.69) is 308 Å². The fourth-order valence-corrected chi connectivity index (χ4v) is 9.88. The highest BCUT2D eigenvalue weighted by atomic mass is 16.1. The molecule has 1 atom stereocenters. The molecule has 5 nitrogen and oxygen atoms in total. The average Bonchev–Trinajstić information content (AvgIpc) is 3.40. The van der Waals surface area contributed by atoms with Gasteiger partial charge in [-0.25, -0.2) is 0 Å². The Balaban J connectivity index is 1.49. The largest absolute Gasteiger partial charge is 0.341 e. The fraction of sp³-hybridized carbons (Fsp3) is 0.225. The molecule has 0 heterocycles. The molecule has 0 saturated carbocycles. The Morgan fingerprint density at radius 2 is 0.816 bits per heavy atom. The Kier molecular flexibility index (Phi) is 19.3. The molecule has 0 fully saturated rings. The van der Waals surface area contributed by atoms with E-state index in [9.17, 15) is 0 Å². The number of carbonyl (C=O) groups excluding carboxylic acids is 1. The van der Waals surface area contributed by atoms with Gasteiger partial charge in [-0.1, -0.05) is 128 Å². The van der Waals surface area contributed by atoms with E-state index < -0.39 is 0 Å². The molecule has 7 aromatic carbocycles. The van der Waals surface area contributed by atoms with Crippen LogP contribution in [0.4, 0.5) is 39.8 Å². The monoisotopic (exact) mass is 1000 g/mol. The maximum absolute atomic E-state index is 16.5. The molecule has 0 aromatic heterocycles. The van der Waals surface area contributed by atoms with E-state index >= 15 is 4.79 Å². The van der Waals surface area contributed by atoms with E-state index in [1.54, 1.807) is 0 Å². The molecule has 0 aliphatic carbocycles. The van der Waals surface area contributed by atoms with E-state index in [0.29, 0.717) is 13.1 Å². The SMILES string of the molecule is C/C=C\C=C(\C)CN(/C(=C/C(=C\C)N(c1cccc(C)c1)c1cccc(C)c1)CC(=O)/C(=C/C(=C\C)N(c1cccc(C)c1)c1cccc(C)c1)C(C)CN(c1cccc(C)c1)c1cccc(C)c1)c1cccc(C)c1. The lowest BCUT2D eigenvalue weighted by Crippen LogP contribution is -2.30. The zero-order valence-electron chi connectivity index (χ0n) is 47.1. The van der Waals surface area contributed by atoms with Gasteiger partial charge in [0.25, 0.3) is 0 Å². The second kappa shape index (κ2) is 26.4. The van der Waals surface area contributed by atoms with Crippen LogP contribution in [0.3, 0.4) is 0 Å². The molecule has 388 valence electrons. The summed E-state index contributed by atoms with van der Waals surface area (Å²) < 4.78 is 0. The van der Waals surface area contributed by atoms with Crippen LogP contribution in [0.1, 0.15) is 80.0 Å². The Hall–Kier alpha value is -8.15. The van der Waals surface area contributed by atoms with Gasteiger partial charge in [-0.3, -0.25) is 4.79 Å². The predicted octanol–water partition coefficient (Wildman–Crippen LogP) is 18.9. The number of aryl methyl sites for hydroxylation is 7. The summed E-state index contributed by atoms with van der Waals surface area (Å²) in [5.41, 5.74) is 20.1. The van der Waals surface area contributed by atoms with Crippen LogP contribution in [0.2, 0.25) is 0 Å². The van der Waals surface area contributed by atoms with Gasteiger partial charge in [0.05, 0.1) is 6.42 Å². The van der Waals surface area contributed by atoms with Crippen LogP contribution in [0.15, 0.2) is 241 Å². The van der Waals surface area contributed by atoms with Gasteiger partial charge in [-0.15, -0.1) is 0 Å². The maximum atomic E-state index is 16.5. The third-order valence-corrected chi connectivity index (χ3v) is 13.7. The molecule has 0 amide bonds. The summed E-state index contributed by atoms with van der Waals surface area (Å²) in [4.78, 5) is 25.8. The van der Waals surface area contributed by atoms with Crippen molar-refractivity contribution in [2.24, 2.45) is 5.92 Å². The quantitative estimate of drug-likeness (QED) is 0.0529. The number of rotatable bonds is 21. The predicted molar refractivity (Wildman–Crippen MR) is 328 cm³/mol. The molecule has 0 spiro atoms. The molecule has 0 radical (unpaired) electrons. The van der Waals surface area contributed by atoms with Crippen molar-refractivity contribution >= 4 is 45.6 Å². The topological polar surface area (TPSA) is 30.0 Å². The van der Waals surface area contributed by atoms with Crippen molar-refractivity contribution in [3.8, 4) is 0 Å². The molecule has 7 rings (SSSR count). The molecular weight excluding hydrogens is 925 g/mol. The van der Waals surface area contributed by atoms with E-state index in [0.717, 1.165) is 95.9 Å². The van der Waals surface area contributed by atoms with Crippen molar-refractivity contribution in [3.05, 3.63) is 280 Å². The molecule has 76 heavy (non-hydrogen) atoms. The molecule has 5 heteroatoms. The van der Waals surface area contributed by atoms with Crippen LogP contribution in [0.5, 0.6) is 0 Å². The number of allylic oxidation sites excluding steroid dienone is 8. The van der Waals surface area contributed by atoms with Gasteiger partial charge < -0.3 is 19.6 Å². The van der Waals surface area contributed by atoms with Crippen molar-refractivity contribution < 1.29 is 4.79 Å². The zero-order valence-corrected chi connectivity index (χ0v) is 47.1. The number of carbonyl (C=O) groups is 1. The van der Waals surface area contributed by atoms with Crippen molar-refractivity contribution in [2.45, 2.75) is 89.5 Å². The van der Waals surface area contributed by atoms with Gasteiger partial charge in [-0.2, -0.15) is 0 Å². The zero-order chi connectivity index (χ0) is 54.3. The molecule has 0 aliphatic rings. The normalized spacial score (nSPS) is 13.0. The lowest BCUT2D eigenvalue weighted by molar-refractivity contribution is -0.115. The number of Topliss-reactive ketones (excluding diaryl/α,β-unsaturated/α-hetero) is 1. The first-order valence-corrected chi connectivity index (χ1v) is 26.8. The molecule has 0 aliphatic heterocycles. The lowest BCUT2D eigenvalue weighted by Gasteiger charge is -2.33. The van der Waals surface area contributed by atoms with E-state index in [-0.39, 0.29) is 18.1 Å². The number of nitrogens with zero attached hydrogens (tertiary/aromatic N) is 4. The molecule has 0 saturated heterocycles. The summed E-state index contributed by atoms with van der Waals surface area (Å²) >= 11 is 0. The number of ketones is 1. The highest BCUT2D eigenvalue weighted by Gasteiger charge is 2.28. The Labute approximate surface area is 455 Å². The summed E-state index contributed by atoms with van der Waals surface area (Å²) in [7, 11) is 0. The third-order valence-electron chi connectivity index (χ3n) is 13.7. The van der Waals surface area contributed by atoms with E-state index in [4.69, 9.17) is 0 Å². The molecule has 0 bridgehead atoms. The first-order valence-electron chi connectivity index (χ1n) is 26.8. The highest BCUT2D eigenvalue weighted by molar-refractivity contribution is 5.99. The highest BCUT2D eigenvalue weighted by Crippen LogP contribution is 2.38. The summed E-state index contributed by atoms with van der Waals surface area (Å²) in [6.45, 7) is 26.7. The smallest absolute Gasteiger partial charge is 0.165 e. The maximum Gasteiger partial charge on any atom is 0.165 e. The minimum Gasteiger partial charge on any atom is -0.341 e. The van der Waals surface area contributed by atoms with E-state index in [1.807, 2.05) is 6.92 Å². The van der Waals surface area contributed by atoms with Crippen LogP contribution in [0.25, 0.3) is 0 Å². The first kappa shape index (κ1) is 55.6. The van der Waals surface area contributed by atoms with Gasteiger partial charge in [0.15, 0.2) is 5.78 Å². The number of hydrogen-bond acceptors (Lipinski definition) is 5. The molecule has 7 aromatic rings. The minimum absolute atomic E-state index is 0.0424. The van der Waals surface area contributed by atoms with Crippen LogP contribution in [-0.2, 0) is 4.79 Å². The second-order valence-electron chi connectivity index (χ2n) is 20.4. The summed E-state index contributed by atoms with van der Waals surface area (Å²) in [6.07, 6.45) is 15.2. The van der Waals surface area contributed by atoms with Gasteiger partial charge in [0.2, 0.25) is 0 Å². The standard InChI is InChI=1S/C71H78N4O/c1-13-16-24-58(11)49-72(62-32-17-25-51(4)39-62)69(46-60(14-2)74(65-35-20-28-54(7)42-65)66-36-21-29-55(8)43-66)48-71(76)70(59(12)50-73(63-33-18-26-52(5)40-63)64-34-19-27-53(6)41-64)47-61(15-3)75(67-37-22-30-56(9)44-67)68-38-23-31-57(10)45-68/h13-47,59H,48-50H2,1-12H3/b16-13-,58-24-,60-14+,61-15+,69-46+,70-47+. The molecule has 0 N–H and O–H groups in total. The van der Waals surface area contributed by atoms with E-state index in [1.165, 1.54) is 11.1 Å². The number of hydrogen-bond donors (Lipinski definition) is 0. The van der Waals surface area contributed by atoms with Gasteiger partial charge in [-0.05, 0) is 212 Å². The van der Waals surface area contributed by atoms with Crippen molar-refractivity contribution in [2.75, 3.05) is 32.7 Å². The van der Waals surface area contributed by atoms with Crippen LogP contribution < -0.4 is 19.6 Å². The average molecular weight is 1000 g/mol. The fourth-order valence-electron chi connectivity index (χ4n) is 9.88. The van der Waals surface area contributed by atoms with Crippen molar-refractivity contribution in [1.29, 1.82) is 0 Å². The number of benzene rings is 7. The van der Waals surface area contributed by atoms with Crippen LogP contribution >= 0.6 is 0 Å². The van der Waals surface area contributed by atoms with Crippen molar-refractivity contribution in [1.82, 2.24) is 0 Å². The van der Waals surface area contributed by atoms with Crippen molar-refractivity contribution in [3.63, 3.8) is 0 Å². The van der Waals surface area contributed by atoms with Crippen LogP contribution in [-0.4, -0.2) is 18.9 Å². The first-order chi connectivity index (χ1) is 36.6. The summed E-state index contributed by atoms with van der Waals surface area (Å²) in [6, 6.07) is 60.6. The second-order valence-corrected chi connectivity index (χ2v) is 20.4. The molecular formula is C71H78N4O. The minimum atomic E-state index is -0.248. The summed E-state index contributed by atoms with van der Waals surface area (Å²) in [5.74, 6) is -0.205. The van der Waals surface area contributed by atoms with Gasteiger partial charge in [0, 0.05) is 81.5 Å². The third kappa shape index (κ3) is 14.6. The van der Waals surface area contributed by atoms with Gasteiger partial charge >= 0.3 is 0 Å². The summed E-state index contributed by atoms with van der Waals surface area (Å²) in [5, 5.41) is 0. The Morgan fingerprint density at radius 3 is 1.18 bits per heavy atom. The lowest BCUT2D eigenvalue weighted by atomic mass is 9.91. The molecule has 1 unspecified atom stereocenters. The van der Waals surface area contributed by atoms with Gasteiger partial charge in [0.1, 0.15) is 0 Å². The Morgan fingerprint density at radius 1 is 0.474 bits per heavy atom.